The lowest BCUT2D eigenvalue weighted by molar-refractivity contribution is -0.125. The van der Waals surface area contributed by atoms with Crippen molar-refractivity contribution in [3.05, 3.63) is 0 Å². The Morgan fingerprint density at radius 2 is 1.83 bits per heavy atom. The number of unbranched alkanes of at least 4 members (excludes halogenated alkanes) is 3. The second kappa shape index (κ2) is 10.4. The van der Waals surface area contributed by atoms with Crippen molar-refractivity contribution < 1.29 is 9.90 Å². The van der Waals surface area contributed by atoms with Gasteiger partial charge in [0.1, 0.15) is 0 Å². The summed E-state index contributed by atoms with van der Waals surface area (Å²) in [5, 5.41) is 12.5. The first-order valence-electron chi connectivity index (χ1n) is 7.48. The quantitative estimate of drug-likeness (QED) is 0.591. The highest BCUT2D eigenvalue weighted by atomic mass is 16.3. The molecule has 0 bridgehead atoms. The van der Waals surface area contributed by atoms with E-state index in [4.69, 9.17) is 0 Å². The zero-order valence-electron chi connectivity index (χ0n) is 12.5. The first-order chi connectivity index (χ1) is 8.52. The Bertz CT molecular complexity index is 217. The van der Waals surface area contributed by atoms with Crippen molar-refractivity contribution in [2.24, 2.45) is 11.8 Å². The SMILES string of the molecule is CCCCCC[C@@H](CC)C(=O)NC[C@@H](O)C(C)C. The monoisotopic (exact) mass is 257 g/mol. The zero-order valence-corrected chi connectivity index (χ0v) is 12.5. The molecule has 0 radical (unpaired) electrons. The van der Waals surface area contributed by atoms with Gasteiger partial charge < -0.3 is 10.4 Å². The van der Waals surface area contributed by atoms with Crippen molar-refractivity contribution in [3.8, 4) is 0 Å². The Balaban J connectivity index is 3.88. The van der Waals surface area contributed by atoms with Gasteiger partial charge in [-0.3, -0.25) is 4.79 Å². The number of carbonyl (C=O) groups is 1. The lowest BCUT2D eigenvalue weighted by Gasteiger charge is -2.18. The van der Waals surface area contributed by atoms with Crippen LogP contribution >= 0.6 is 0 Å². The molecule has 0 unspecified atom stereocenters. The van der Waals surface area contributed by atoms with E-state index in [0.29, 0.717) is 6.54 Å². The molecule has 18 heavy (non-hydrogen) atoms. The van der Waals surface area contributed by atoms with Gasteiger partial charge in [-0.2, -0.15) is 0 Å². The van der Waals surface area contributed by atoms with Crippen LogP contribution in [0.2, 0.25) is 0 Å². The maximum atomic E-state index is 11.9. The highest BCUT2D eigenvalue weighted by Crippen LogP contribution is 2.14. The van der Waals surface area contributed by atoms with E-state index < -0.39 is 6.10 Å². The number of rotatable bonds is 10. The molecule has 2 atom stereocenters. The molecule has 0 aliphatic heterocycles. The standard InChI is InChI=1S/C15H31NO2/c1-5-7-8-9-10-13(6-2)15(18)16-11-14(17)12(3)4/h12-14,17H,5-11H2,1-4H3,(H,16,18)/t13-,14-/m1/s1. The Kier molecular flexibility index (Phi) is 10.0. The molecule has 0 rings (SSSR count). The predicted octanol–water partition coefficient (Wildman–Crippen LogP) is 3.12. The Morgan fingerprint density at radius 3 is 2.33 bits per heavy atom. The van der Waals surface area contributed by atoms with Crippen LogP contribution in [0.25, 0.3) is 0 Å². The average molecular weight is 257 g/mol. The minimum atomic E-state index is -0.438. The van der Waals surface area contributed by atoms with Crippen LogP contribution < -0.4 is 5.32 Å². The Labute approximate surface area is 112 Å². The van der Waals surface area contributed by atoms with Gasteiger partial charge in [0.2, 0.25) is 5.91 Å². The number of carbonyl (C=O) groups excluding carboxylic acids is 1. The van der Waals surface area contributed by atoms with E-state index in [1.165, 1.54) is 19.3 Å². The summed E-state index contributed by atoms with van der Waals surface area (Å²) in [4.78, 5) is 11.9. The van der Waals surface area contributed by atoms with Gasteiger partial charge in [0.05, 0.1) is 6.10 Å². The summed E-state index contributed by atoms with van der Waals surface area (Å²) in [6, 6.07) is 0. The fourth-order valence-corrected chi connectivity index (χ4v) is 1.92. The van der Waals surface area contributed by atoms with Gasteiger partial charge in [0, 0.05) is 12.5 Å². The van der Waals surface area contributed by atoms with E-state index in [2.05, 4.69) is 19.2 Å². The van der Waals surface area contributed by atoms with Crippen LogP contribution in [-0.2, 0) is 4.79 Å². The lowest BCUT2D eigenvalue weighted by atomic mass is 9.97. The van der Waals surface area contributed by atoms with Crippen LogP contribution in [0.3, 0.4) is 0 Å². The second-order valence-corrected chi connectivity index (χ2v) is 5.51. The Hall–Kier alpha value is -0.570. The molecular weight excluding hydrogens is 226 g/mol. The smallest absolute Gasteiger partial charge is 0.223 e. The number of hydrogen-bond donors (Lipinski definition) is 2. The van der Waals surface area contributed by atoms with Crippen molar-refractivity contribution in [2.75, 3.05) is 6.54 Å². The predicted molar refractivity (Wildman–Crippen MR) is 76.4 cm³/mol. The third-order valence-corrected chi connectivity index (χ3v) is 3.52. The van der Waals surface area contributed by atoms with Gasteiger partial charge >= 0.3 is 0 Å². The minimum absolute atomic E-state index is 0.105. The highest BCUT2D eigenvalue weighted by Gasteiger charge is 2.17. The van der Waals surface area contributed by atoms with Crippen molar-refractivity contribution in [2.45, 2.75) is 72.3 Å². The molecule has 0 heterocycles. The molecule has 3 nitrogen and oxygen atoms in total. The average Bonchev–Trinajstić information content (AvgIpc) is 2.35. The molecule has 0 saturated carbocycles. The van der Waals surface area contributed by atoms with E-state index in [0.717, 1.165) is 19.3 Å². The van der Waals surface area contributed by atoms with E-state index >= 15 is 0 Å². The number of hydrogen-bond acceptors (Lipinski definition) is 2. The highest BCUT2D eigenvalue weighted by molar-refractivity contribution is 5.78. The van der Waals surface area contributed by atoms with Crippen LogP contribution in [0, 0.1) is 11.8 Å². The topological polar surface area (TPSA) is 49.3 Å². The van der Waals surface area contributed by atoms with Gasteiger partial charge in [0.25, 0.3) is 0 Å². The van der Waals surface area contributed by atoms with Crippen molar-refractivity contribution in [3.63, 3.8) is 0 Å². The maximum Gasteiger partial charge on any atom is 0.223 e. The third kappa shape index (κ3) is 7.70. The fourth-order valence-electron chi connectivity index (χ4n) is 1.92. The van der Waals surface area contributed by atoms with Crippen molar-refractivity contribution in [1.82, 2.24) is 5.32 Å². The molecule has 0 aromatic carbocycles. The maximum absolute atomic E-state index is 11.9. The van der Waals surface area contributed by atoms with Gasteiger partial charge in [-0.15, -0.1) is 0 Å². The molecule has 0 spiro atoms. The molecule has 108 valence electrons. The number of aliphatic hydroxyl groups excluding tert-OH is 1. The summed E-state index contributed by atoms with van der Waals surface area (Å²) in [5.41, 5.74) is 0. The molecule has 0 aliphatic carbocycles. The zero-order chi connectivity index (χ0) is 14.0. The summed E-state index contributed by atoms with van der Waals surface area (Å²) in [7, 11) is 0. The van der Waals surface area contributed by atoms with E-state index in [9.17, 15) is 9.90 Å². The molecular formula is C15H31NO2. The summed E-state index contributed by atoms with van der Waals surface area (Å²) in [6.45, 7) is 8.54. The van der Waals surface area contributed by atoms with Gasteiger partial charge in [-0.05, 0) is 18.8 Å². The summed E-state index contributed by atoms with van der Waals surface area (Å²) >= 11 is 0. The lowest BCUT2D eigenvalue weighted by Crippen LogP contribution is -2.38. The second-order valence-electron chi connectivity index (χ2n) is 5.51. The molecule has 0 aliphatic rings. The minimum Gasteiger partial charge on any atom is -0.391 e. The first kappa shape index (κ1) is 17.4. The largest absolute Gasteiger partial charge is 0.391 e. The van der Waals surface area contributed by atoms with E-state index in [1.807, 2.05) is 13.8 Å². The molecule has 0 aromatic heterocycles. The summed E-state index contributed by atoms with van der Waals surface area (Å²) in [5.74, 6) is 0.407. The van der Waals surface area contributed by atoms with Crippen molar-refractivity contribution >= 4 is 5.91 Å². The molecule has 0 fully saturated rings. The van der Waals surface area contributed by atoms with Crippen LogP contribution in [0.4, 0.5) is 0 Å². The summed E-state index contributed by atoms with van der Waals surface area (Å²) < 4.78 is 0. The Morgan fingerprint density at radius 1 is 1.17 bits per heavy atom. The molecule has 0 aromatic rings. The van der Waals surface area contributed by atoms with Crippen LogP contribution in [0.15, 0.2) is 0 Å². The summed E-state index contributed by atoms with van der Waals surface area (Å²) in [6.07, 6.45) is 6.25. The van der Waals surface area contributed by atoms with Gasteiger partial charge in [-0.1, -0.05) is 53.4 Å². The van der Waals surface area contributed by atoms with E-state index in [1.54, 1.807) is 0 Å². The van der Waals surface area contributed by atoms with Crippen LogP contribution in [0.1, 0.15) is 66.2 Å². The number of amides is 1. The molecule has 1 amide bonds. The third-order valence-electron chi connectivity index (χ3n) is 3.52. The fraction of sp³-hybridized carbons (Fsp3) is 0.933. The van der Waals surface area contributed by atoms with Gasteiger partial charge in [-0.25, -0.2) is 0 Å². The molecule has 2 N–H and O–H groups in total. The molecule has 3 heteroatoms. The van der Waals surface area contributed by atoms with Crippen LogP contribution in [0.5, 0.6) is 0 Å². The van der Waals surface area contributed by atoms with Gasteiger partial charge in [0.15, 0.2) is 0 Å². The normalized spacial score (nSPS) is 14.6. The first-order valence-corrected chi connectivity index (χ1v) is 7.48. The molecule has 0 saturated heterocycles. The number of nitrogens with one attached hydrogen (secondary N) is 1. The number of aliphatic hydroxyl groups is 1. The van der Waals surface area contributed by atoms with E-state index in [-0.39, 0.29) is 17.7 Å². The van der Waals surface area contributed by atoms with Crippen molar-refractivity contribution in [1.29, 1.82) is 0 Å². The van der Waals surface area contributed by atoms with Crippen LogP contribution in [-0.4, -0.2) is 23.7 Å².